The van der Waals surface area contributed by atoms with Crippen LogP contribution in [0.3, 0.4) is 0 Å². The van der Waals surface area contributed by atoms with Crippen LogP contribution >= 0.6 is 0 Å². The van der Waals surface area contributed by atoms with Crippen LogP contribution in [0.4, 0.5) is 4.79 Å². The van der Waals surface area contributed by atoms with Crippen LogP contribution in [0.1, 0.15) is 47.5 Å². The average Bonchev–Trinajstić information content (AvgIpc) is 2.26. The molecule has 5 nitrogen and oxygen atoms in total. The van der Waals surface area contributed by atoms with E-state index in [-0.39, 0.29) is 18.1 Å². The van der Waals surface area contributed by atoms with Gasteiger partial charge in [0.25, 0.3) is 0 Å². The first-order chi connectivity index (χ1) is 9.23. The molecular formula is C15H25NO4. The maximum absolute atomic E-state index is 12.0. The number of carbonyl (C=O) groups excluding carboxylic acids is 2. The molecule has 0 aromatic carbocycles. The van der Waals surface area contributed by atoms with Crippen LogP contribution in [0.25, 0.3) is 0 Å². The van der Waals surface area contributed by atoms with E-state index in [2.05, 4.69) is 0 Å². The zero-order chi connectivity index (χ0) is 15.3. The Labute approximate surface area is 120 Å². The number of rotatable bonds is 2. The number of piperidine rings is 1. The maximum atomic E-state index is 12.0. The van der Waals surface area contributed by atoms with Crippen molar-refractivity contribution in [3.63, 3.8) is 0 Å². The van der Waals surface area contributed by atoms with E-state index in [0.717, 1.165) is 5.57 Å². The van der Waals surface area contributed by atoms with E-state index in [9.17, 15) is 9.59 Å². The topological polar surface area (TPSA) is 55.8 Å². The highest BCUT2D eigenvalue weighted by molar-refractivity contribution is 5.83. The SMILES string of the molecule is CCOC(=O)/C=C1/CCN(C(=O)OC(C)(C)C)C(C)C1. The highest BCUT2D eigenvalue weighted by Gasteiger charge is 2.29. The fourth-order valence-electron chi connectivity index (χ4n) is 2.15. The summed E-state index contributed by atoms with van der Waals surface area (Å²) in [6.07, 6.45) is 2.62. The van der Waals surface area contributed by atoms with Gasteiger partial charge in [0.05, 0.1) is 6.61 Å². The van der Waals surface area contributed by atoms with E-state index in [4.69, 9.17) is 9.47 Å². The zero-order valence-corrected chi connectivity index (χ0v) is 13.1. The van der Waals surface area contributed by atoms with Gasteiger partial charge in [-0.2, -0.15) is 0 Å². The number of likely N-dealkylation sites (tertiary alicyclic amines) is 1. The highest BCUT2D eigenvalue weighted by atomic mass is 16.6. The summed E-state index contributed by atoms with van der Waals surface area (Å²) in [7, 11) is 0. The van der Waals surface area contributed by atoms with Gasteiger partial charge in [0.2, 0.25) is 0 Å². The van der Waals surface area contributed by atoms with E-state index in [0.29, 0.717) is 26.0 Å². The van der Waals surface area contributed by atoms with E-state index in [1.807, 2.05) is 27.7 Å². The Morgan fingerprint density at radius 2 is 2.05 bits per heavy atom. The number of ether oxygens (including phenoxy) is 2. The second-order valence-corrected chi connectivity index (χ2v) is 6.03. The van der Waals surface area contributed by atoms with Gasteiger partial charge in [0.1, 0.15) is 5.60 Å². The van der Waals surface area contributed by atoms with Crippen LogP contribution in [-0.2, 0) is 14.3 Å². The summed E-state index contributed by atoms with van der Waals surface area (Å²) in [6.45, 7) is 10.2. The lowest BCUT2D eigenvalue weighted by atomic mass is 9.98. The van der Waals surface area contributed by atoms with Crippen molar-refractivity contribution in [2.45, 2.75) is 59.1 Å². The van der Waals surface area contributed by atoms with E-state index in [1.54, 1.807) is 17.9 Å². The van der Waals surface area contributed by atoms with Gasteiger partial charge in [-0.3, -0.25) is 0 Å². The molecule has 0 radical (unpaired) electrons. The molecular weight excluding hydrogens is 258 g/mol. The lowest BCUT2D eigenvalue weighted by molar-refractivity contribution is -0.137. The third-order valence-electron chi connectivity index (χ3n) is 3.00. The van der Waals surface area contributed by atoms with Crippen molar-refractivity contribution in [2.75, 3.05) is 13.2 Å². The van der Waals surface area contributed by atoms with Gasteiger partial charge >= 0.3 is 12.1 Å². The largest absolute Gasteiger partial charge is 0.463 e. The maximum Gasteiger partial charge on any atom is 0.410 e. The van der Waals surface area contributed by atoms with Gasteiger partial charge < -0.3 is 14.4 Å². The molecule has 1 amide bonds. The van der Waals surface area contributed by atoms with Crippen molar-refractivity contribution in [3.05, 3.63) is 11.6 Å². The highest BCUT2D eigenvalue weighted by Crippen LogP contribution is 2.24. The molecule has 0 aromatic heterocycles. The summed E-state index contributed by atoms with van der Waals surface area (Å²) in [6, 6.07) is 0.0271. The van der Waals surface area contributed by atoms with Crippen LogP contribution in [-0.4, -0.2) is 41.8 Å². The summed E-state index contributed by atoms with van der Waals surface area (Å²) >= 11 is 0. The van der Waals surface area contributed by atoms with Crippen molar-refractivity contribution in [2.24, 2.45) is 0 Å². The van der Waals surface area contributed by atoms with Gasteiger partial charge in [-0.1, -0.05) is 5.57 Å². The summed E-state index contributed by atoms with van der Waals surface area (Å²) in [5, 5.41) is 0. The standard InChI is InChI=1S/C15H25NO4/c1-6-19-13(17)10-12-7-8-16(11(2)9-12)14(18)20-15(3,4)5/h10-11H,6-9H2,1-5H3/b12-10-. The normalized spacial score (nSPS) is 21.8. The van der Waals surface area contributed by atoms with Gasteiger partial charge in [-0.15, -0.1) is 0 Å². The Morgan fingerprint density at radius 1 is 1.40 bits per heavy atom. The molecule has 1 saturated heterocycles. The van der Waals surface area contributed by atoms with Crippen LogP contribution in [0.15, 0.2) is 11.6 Å². The molecule has 1 rings (SSSR count). The second kappa shape index (κ2) is 6.77. The summed E-state index contributed by atoms with van der Waals surface area (Å²) < 4.78 is 10.3. The minimum absolute atomic E-state index is 0.0271. The fraction of sp³-hybridized carbons (Fsp3) is 0.733. The third kappa shape index (κ3) is 5.23. The predicted molar refractivity (Wildman–Crippen MR) is 76.4 cm³/mol. The fourth-order valence-corrected chi connectivity index (χ4v) is 2.15. The summed E-state index contributed by atoms with van der Waals surface area (Å²) in [5.74, 6) is -0.305. The van der Waals surface area contributed by atoms with Gasteiger partial charge in [0, 0.05) is 18.7 Å². The van der Waals surface area contributed by atoms with Gasteiger partial charge in [-0.25, -0.2) is 9.59 Å². The quantitative estimate of drug-likeness (QED) is 0.577. The minimum atomic E-state index is -0.488. The van der Waals surface area contributed by atoms with E-state index in [1.165, 1.54) is 0 Å². The molecule has 1 aliphatic rings. The molecule has 0 aliphatic carbocycles. The molecule has 1 aliphatic heterocycles. The molecule has 20 heavy (non-hydrogen) atoms. The van der Waals surface area contributed by atoms with Crippen LogP contribution in [0.5, 0.6) is 0 Å². The lowest BCUT2D eigenvalue weighted by Crippen LogP contribution is -2.45. The van der Waals surface area contributed by atoms with Crippen molar-refractivity contribution < 1.29 is 19.1 Å². The Bertz CT molecular complexity index is 395. The Hall–Kier alpha value is -1.52. The first-order valence-electron chi connectivity index (χ1n) is 7.08. The molecule has 1 fully saturated rings. The predicted octanol–water partition coefficient (Wildman–Crippen LogP) is 2.90. The molecule has 0 bridgehead atoms. The molecule has 0 N–H and O–H groups in total. The number of amides is 1. The Balaban J connectivity index is 2.60. The van der Waals surface area contributed by atoms with Crippen LogP contribution in [0, 0.1) is 0 Å². The van der Waals surface area contributed by atoms with Crippen molar-refractivity contribution in [3.8, 4) is 0 Å². The molecule has 1 heterocycles. The molecule has 114 valence electrons. The molecule has 0 saturated carbocycles. The van der Waals surface area contributed by atoms with E-state index < -0.39 is 5.60 Å². The van der Waals surface area contributed by atoms with E-state index >= 15 is 0 Å². The van der Waals surface area contributed by atoms with Crippen LogP contribution in [0.2, 0.25) is 0 Å². The molecule has 0 aromatic rings. The number of hydrogen-bond acceptors (Lipinski definition) is 4. The van der Waals surface area contributed by atoms with Crippen molar-refractivity contribution in [1.29, 1.82) is 0 Å². The first-order valence-corrected chi connectivity index (χ1v) is 7.08. The molecule has 1 unspecified atom stereocenters. The number of esters is 1. The third-order valence-corrected chi connectivity index (χ3v) is 3.00. The number of nitrogens with zero attached hydrogens (tertiary/aromatic N) is 1. The van der Waals surface area contributed by atoms with Crippen LogP contribution < -0.4 is 0 Å². The first kappa shape index (κ1) is 16.5. The Morgan fingerprint density at radius 3 is 2.55 bits per heavy atom. The zero-order valence-electron chi connectivity index (χ0n) is 13.1. The van der Waals surface area contributed by atoms with Gasteiger partial charge in [0.15, 0.2) is 0 Å². The minimum Gasteiger partial charge on any atom is -0.463 e. The second-order valence-electron chi connectivity index (χ2n) is 6.03. The smallest absolute Gasteiger partial charge is 0.410 e. The van der Waals surface area contributed by atoms with Gasteiger partial charge in [-0.05, 0) is 47.5 Å². The summed E-state index contributed by atoms with van der Waals surface area (Å²) in [4.78, 5) is 25.2. The van der Waals surface area contributed by atoms with Crippen molar-refractivity contribution >= 4 is 12.1 Å². The number of carbonyl (C=O) groups is 2. The lowest BCUT2D eigenvalue weighted by Gasteiger charge is -2.35. The number of hydrogen-bond donors (Lipinski definition) is 0. The molecule has 0 spiro atoms. The van der Waals surface area contributed by atoms with Crippen molar-refractivity contribution in [1.82, 2.24) is 4.90 Å². The average molecular weight is 283 g/mol. The Kier molecular flexibility index (Phi) is 5.60. The molecule has 1 atom stereocenters. The monoisotopic (exact) mass is 283 g/mol. The molecule has 5 heteroatoms. The summed E-state index contributed by atoms with van der Waals surface area (Å²) in [5.41, 5.74) is 0.536.